The molecule has 6 heteroatoms. The van der Waals surface area contributed by atoms with Gasteiger partial charge in [-0.05, 0) is 54.0 Å². The molecule has 1 amide bonds. The van der Waals surface area contributed by atoms with Gasteiger partial charge in [-0.3, -0.25) is 10.1 Å². The summed E-state index contributed by atoms with van der Waals surface area (Å²) in [5, 5.41) is 10.8. The van der Waals surface area contributed by atoms with Crippen LogP contribution in [0.3, 0.4) is 0 Å². The van der Waals surface area contributed by atoms with Crippen molar-refractivity contribution in [3.8, 4) is 0 Å². The van der Waals surface area contributed by atoms with Crippen LogP contribution >= 0.6 is 22.6 Å². The topological polar surface area (TPSA) is 67.8 Å². The van der Waals surface area contributed by atoms with E-state index in [0.717, 1.165) is 33.4 Å². The third kappa shape index (κ3) is 3.55. The molecular formula is C15H17IN4O. The zero-order valence-corrected chi connectivity index (χ0v) is 14.4. The number of benzene rings is 1. The number of carbonyl (C=O) groups excluding carboxylic acids is 1. The second-order valence-electron chi connectivity index (χ2n) is 4.63. The number of amides is 1. The lowest BCUT2D eigenvalue weighted by Crippen LogP contribution is -2.17. The fraction of sp³-hybridized carbons (Fsp3) is 0.333. The molecule has 0 radical (unpaired) electrons. The lowest BCUT2D eigenvalue weighted by atomic mass is 10.1. The molecule has 0 aliphatic carbocycles. The summed E-state index contributed by atoms with van der Waals surface area (Å²) in [5.74, 6) is 0.0440. The number of carbonyl (C=O) groups is 1. The zero-order chi connectivity index (χ0) is 15.4. The van der Waals surface area contributed by atoms with Crippen molar-refractivity contribution in [3.63, 3.8) is 0 Å². The average Bonchev–Trinajstić information content (AvgIpc) is 2.49. The molecule has 0 atom stereocenters. The van der Waals surface area contributed by atoms with Crippen LogP contribution in [-0.4, -0.2) is 21.1 Å². The highest BCUT2D eigenvalue weighted by molar-refractivity contribution is 14.1. The van der Waals surface area contributed by atoms with E-state index in [1.165, 1.54) is 0 Å². The number of anilines is 1. The number of rotatable bonds is 4. The number of nitrogens with zero attached hydrogens (tertiary/aromatic N) is 3. The van der Waals surface area contributed by atoms with E-state index < -0.39 is 0 Å². The standard InChI is InChI=1S/C15H17IN4O/c1-4-11-12(5-2)19-20-15(17-11)18-14(21)10-8-6-7-9(3)13(10)16/h6-8H,4-5H2,1-3H3,(H,17,18,20,21). The highest BCUT2D eigenvalue weighted by atomic mass is 127. The van der Waals surface area contributed by atoms with Crippen molar-refractivity contribution < 1.29 is 4.79 Å². The first kappa shape index (κ1) is 15.8. The number of hydrogen-bond donors (Lipinski definition) is 1. The van der Waals surface area contributed by atoms with Crippen LogP contribution in [0.4, 0.5) is 5.95 Å². The monoisotopic (exact) mass is 396 g/mol. The van der Waals surface area contributed by atoms with E-state index in [2.05, 4.69) is 43.1 Å². The molecule has 0 aliphatic rings. The Morgan fingerprint density at radius 3 is 2.57 bits per heavy atom. The summed E-state index contributed by atoms with van der Waals surface area (Å²) in [5.41, 5.74) is 3.44. The van der Waals surface area contributed by atoms with Crippen molar-refractivity contribution in [2.45, 2.75) is 33.6 Å². The third-order valence-corrected chi connectivity index (χ3v) is 4.60. The first-order valence-corrected chi connectivity index (χ1v) is 7.93. The smallest absolute Gasteiger partial charge is 0.259 e. The summed E-state index contributed by atoms with van der Waals surface area (Å²) in [6.07, 6.45) is 1.55. The molecule has 21 heavy (non-hydrogen) atoms. The maximum atomic E-state index is 12.3. The molecule has 0 fully saturated rings. The molecule has 0 spiro atoms. The van der Waals surface area contributed by atoms with Crippen LogP contribution in [0.5, 0.6) is 0 Å². The summed E-state index contributed by atoms with van der Waals surface area (Å²) in [6.45, 7) is 6.00. The zero-order valence-electron chi connectivity index (χ0n) is 12.3. The Morgan fingerprint density at radius 1 is 1.19 bits per heavy atom. The SMILES string of the molecule is CCc1nnc(NC(=O)c2cccc(C)c2I)nc1CC. The molecule has 110 valence electrons. The molecular weight excluding hydrogens is 379 g/mol. The minimum absolute atomic E-state index is 0.212. The Morgan fingerprint density at radius 2 is 1.90 bits per heavy atom. The first-order chi connectivity index (χ1) is 10.1. The van der Waals surface area contributed by atoms with Gasteiger partial charge in [-0.2, -0.15) is 0 Å². The minimum atomic E-state index is -0.212. The summed E-state index contributed by atoms with van der Waals surface area (Å²) < 4.78 is 0.932. The van der Waals surface area contributed by atoms with Gasteiger partial charge < -0.3 is 0 Å². The maximum absolute atomic E-state index is 12.3. The first-order valence-electron chi connectivity index (χ1n) is 6.85. The molecule has 0 saturated carbocycles. The molecule has 1 N–H and O–H groups in total. The average molecular weight is 396 g/mol. The normalized spacial score (nSPS) is 10.5. The van der Waals surface area contributed by atoms with E-state index in [1.807, 2.05) is 32.9 Å². The van der Waals surface area contributed by atoms with Gasteiger partial charge in [-0.15, -0.1) is 10.2 Å². The molecule has 0 saturated heterocycles. The van der Waals surface area contributed by atoms with Crippen LogP contribution in [-0.2, 0) is 12.8 Å². The number of aromatic nitrogens is 3. The van der Waals surface area contributed by atoms with Crippen molar-refractivity contribution >= 4 is 34.4 Å². The number of nitrogens with one attached hydrogen (secondary N) is 1. The highest BCUT2D eigenvalue weighted by Crippen LogP contribution is 2.17. The van der Waals surface area contributed by atoms with Crippen LogP contribution < -0.4 is 5.32 Å². The largest absolute Gasteiger partial charge is 0.289 e. The van der Waals surface area contributed by atoms with Gasteiger partial charge in [0.05, 0.1) is 17.0 Å². The molecule has 0 aliphatic heterocycles. The fourth-order valence-electron chi connectivity index (χ4n) is 1.98. The Hall–Kier alpha value is -1.57. The predicted molar refractivity (Wildman–Crippen MR) is 90.4 cm³/mol. The second-order valence-corrected chi connectivity index (χ2v) is 5.71. The van der Waals surface area contributed by atoms with E-state index >= 15 is 0 Å². The van der Waals surface area contributed by atoms with Gasteiger partial charge in [0.25, 0.3) is 5.91 Å². The molecule has 1 aromatic carbocycles. The fourth-order valence-corrected chi connectivity index (χ4v) is 2.59. The molecule has 1 heterocycles. The quantitative estimate of drug-likeness (QED) is 0.807. The summed E-state index contributed by atoms with van der Waals surface area (Å²) in [4.78, 5) is 16.7. The van der Waals surface area contributed by atoms with Crippen LogP contribution in [0.1, 0.15) is 41.2 Å². The lowest BCUT2D eigenvalue weighted by molar-refractivity contribution is 0.102. The molecule has 5 nitrogen and oxygen atoms in total. The van der Waals surface area contributed by atoms with Crippen LogP contribution in [0.2, 0.25) is 0 Å². The van der Waals surface area contributed by atoms with Crippen molar-refractivity contribution in [1.29, 1.82) is 0 Å². The van der Waals surface area contributed by atoms with Gasteiger partial charge in [-0.1, -0.05) is 26.0 Å². The summed E-state index contributed by atoms with van der Waals surface area (Å²) >= 11 is 2.17. The van der Waals surface area contributed by atoms with Crippen molar-refractivity contribution in [2.75, 3.05) is 5.32 Å². The van der Waals surface area contributed by atoms with Crippen LogP contribution in [0.25, 0.3) is 0 Å². The van der Waals surface area contributed by atoms with Gasteiger partial charge in [0.15, 0.2) is 0 Å². The summed E-state index contributed by atoms with van der Waals surface area (Å²) in [6, 6.07) is 5.63. The van der Waals surface area contributed by atoms with Gasteiger partial charge in [0, 0.05) is 3.57 Å². The molecule has 1 aromatic heterocycles. The van der Waals surface area contributed by atoms with E-state index in [4.69, 9.17) is 0 Å². The van der Waals surface area contributed by atoms with Crippen LogP contribution in [0, 0.1) is 10.5 Å². The van der Waals surface area contributed by atoms with E-state index in [1.54, 1.807) is 6.07 Å². The highest BCUT2D eigenvalue weighted by Gasteiger charge is 2.14. The van der Waals surface area contributed by atoms with E-state index in [0.29, 0.717) is 5.56 Å². The molecule has 2 rings (SSSR count). The van der Waals surface area contributed by atoms with Gasteiger partial charge in [0.1, 0.15) is 0 Å². The maximum Gasteiger partial charge on any atom is 0.259 e. The number of hydrogen-bond acceptors (Lipinski definition) is 4. The minimum Gasteiger partial charge on any atom is -0.289 e. The van der Waals surface area contributed by atoms with Crippen LogP contribution in [0.15, 0.2) is 18.2 Å². The predicted octanol–water partition coefficient (Wildman–Crippen LogP) is 3.16. The molecule has 2 aromatic rings. The summed E-state index contributed by atoms with van der Waals surface area (Å²) in [7, 11) is 0. The Bertz CT molecular complexity index is 673. The van der Waals surface area contributed by atoms with Crippen molar-refractivity contribution in [3.05, 3.63) is 44.3 Å². The number of halogens is 1. The second kappa shape index (κ2) is 6.93. The van der Waals surface area contributed by atoms with E-state index in [-0.39, 0.29) is 11.9 Å². The van der Waals surface area contributed by atoms with Crippen molar-refractivity contribution in [2.24, 2.45) is 0 Å². The Labute approximate surface area is 137 Å². The van der Waals surface area contributed by atoms with Gasteiger partial charge in [-0.25, -0.2) is 4.98 Å². The Balaban J connectivity index is 2.25. The van der Waals surface area contributed by atoms with E-state index in [9.17, 15) is 4.79 Å². The lowest BCUT2D eigenvalue weighted by Gasteiger charge is -2.09. The third-order valence-electron chi connectivity index (χ3n) is 3.17. The van der Waals surface area contributed by atoms with Gasteiger partial charge >= 0.3 is 0 Å². The van der Waals surface area contributed by atoms with Gasteiger partial charge in [0.2, 0.25) is 5.95 Å². The molecule has 0 unspecified atom stereocenters. The Kier molecular flexibility index (Phi) is 5.22. The van der Waals surface area contributed by atoms with Crippen molar-refractivity contribution in [1.82, 2.24) is 15.2 Å². The molecule has 0 bridgehead atoms. The number of aryl methyl sites for hydroxylation is 3.